The van der Waals surface area contributed by atoms with Crippen LogP contribution < -0.4 is 9.64 Å². The first-order valence-corrected chi connectivity index (χ1v) is 7.14. The van der Waals surface area contributed by atoms with Crippen molar-refractivity contribution in [2.75, 3.05) is 19.1 Å². The van der Waals surface area contributed by atoms with Crippen molar-refractivity contribution in [1.29, 1.82) is 5.26 Å². The van der Waals surface area contributed by atoms with Gasteiger partial charge in [0.25, 0.3) is 0 Å². The van der Waals surface area contributed by atoms with Gasteiger partial charge in [-0.2, -0.15) is 5.26 Å². The Bertz CT molecular complexity index is 621. The van der Waals surface area contributed by atoms with Crippen molar-refractivity contribution in [3.63, 3.8) is 0 Å². The summed E-state index contributed by atoms with van der Waals surface area (Å²) in [5.41, 5.74) is 1.06. The number of nitriles is 1. The molecule has 2 rings (SSSR count). The second-order valence-corrected chi connectivity index (χ2v) is 5.86. The van der Waals surface area contributed by atoms with Gasteiger partial charge in [-0.15, -0.1) is 0 Å². The Labute approximate surface area is 124 Å². The molecular weight excluding hydrogens is 326 g/mol. The number of rotatable bonds is 4. The molecule has 0 saturated heterocycles. The summed E-state index contributed by atoms with van der Waals surface area (Å²) >= 11 is 4.84. The molecule has 0 spiro atoms. The lowest BCUT2D eigenvalue weighted by Crippen LogP contribution is -2.16. The lowest BCUT2D eigenvalue weighted by atomic mass is 10.2. The first-order valence-electron chi connectivity index (χ1n) is 5.53. The maximum absolute atomic E-state index is 8.82. The molecule has 0 unspecified atom stereocenters. The van der Waals surface area contributed by atoms with E-state index in [1.165, 1.54) is 11.3 Å². The van der Waals surface area contributed by atoms with Gasteiger partial charge in [-0.25, -0.2) is 4.98 Å². The van der Waals surface area contributed by atoms with E-state index in [2.05, 4.69) is 27.0 Å². The van der Waals surface area contributed by atoms with Crippen molar-refractivity contribution in [2.45, 2.75) is 6.54 Å². The number of benzene rings is 1. The molecule has 1 aromatic heterocycles. The molecule has 0 N–H and O–H groups in total. The Kier molecular flexibility index (Phi) is 4.40. The van der Waals surface area contributed by atoms with E-state index in [0.29, 0.717) is 11.4 Å². The van der Waals surface area contributed by atoms with Crippen LogP contribution in [0.4, 0.5) is 5.13 Å². The molecule has 0 aliphatic carbocycles. The lowest BCUT2D eigenvalue weighted by Gasteiger charge is -2.17. The number of methoxy groups -OCH3 is 1. The van der Waals surface area contributed by atoms with Crippen LogP contribution in [-0.2, 0) is 6.54 Å². The average molecular weight is 338 g/mol. The van der Waals surface area contributed by atoms with Crippen LogP contribution in [-0.4, -0.2) is 19.1 Å². The largest absolute Gasteiger partial charge is 0.496 e. The lowest BCUT2D eigenvalue weighted by molar-refractivity contribution is 0.409. The fourth-order valence-electron chi connectivity index (χ4n) is 1.69. The van der Waals surface area contributed by atoms with Gasteiger partial charge in [0.15, 0.2) is 5.13 Å². The first kappa shape index (κ1) is 13.8. The molecular formula is C13H12BrN3OS. The van der Waals surface area contributed by atoms with E-state index in [9.17, 15) is 0 Å². The van der Waals surface area contributed by atoms with Gasteiger partial charge in [-0.05, 0) is 18.2 Å². The average Bonchev–Trinajstić information content (AvgIpc) is 2.88. The van der Waals surface area contributed by atoms with Gasteiger partial charge in [-0.1, -0.05) is 27.3 Å². The summed E-state index contributed by atoms with van der Waals surface area (Å²) in [7, 11) is 3.60. The highest BCUT2D eigenvalue weighted by Gasteiger charge is 2.11. The van der Waals surface area contributed by atoms with Gasteiger partial charge < -0.3 is 9.64 Å². The minimum Gasteiger partial charge on any atom is -0.496 e. The molecule has 0 saturated carbocycles. The van der Waals surface area contributed by atoms with Crippen LogP contribution in [0.25, 0.3) is 0 Å². The molecule has 1 heterocycles. The van der Waals surface area contributed by atoms with Crippen molar-refractivity contribution >= 4 is 32.4 Å². The van der Waals surface area contributed by atoms with E-state index in [1.54, 1.807) is 13.3 Å². The molecule has 4 nitrogen and oxygen atoms in total. The minimum absolute atomic E-state index is 0.614. The number of aromatic nitrogens is 1. The summed E-state index contributed by atoms with van der Waals surface area (Å²) in [4.78, 5) is 6.84. The number of hydrogen-bond donors (Lipinski definition) is 0. The molecule has 19 heavy (non-hydrogen) atoms. The Morgan fingerprint density at radius 1 is 1.53 bits per heavy atom. The summed E-state index contributed by atoms with van der Waals surface area (Å²) in [5, 5.41) is 9.63. The number of anilines is 1. The van der Waals surface area contributed by atoms with Crippen LogP contribution in [0, 0.1) is 11.3 Å². The number of nitrogens with zero attached hydrogens (tertiary/aromatic N) is 3. The monoisotopic (exact) mass is 337 g/mol. The third-order valence-corrected chi connectivity index (χ3v) is 4.09. The third-order valence-electron chi connectivity index (χ3n) is 2.58. The van der Waals surface area contributed by atoms with Gasteiger partial charge >= 0.3 is 0 Å². The standard InChI is InChI=1S/C13H12BrN3OS/c1-17(13-16-7-11(6-15)19-13)8-9-5-10(14)3-4-12(9)18-2/h3-5,7H,8H2,1-2H3. The second kappa shape index (κ2) is 6.04. The van der Waals surface area contributed by atoms with E-state index in [-0.39, 0.29) is 0 Å². The summed E-state index contributed by atoms with van der Waals surface area (Å²) in [6.07, 6.45) is 1.59. The van der Waals surface area contributed by atoms with Crippen LogP contribution in [0.15, 0.2) is 28.9 Å². The quantitative estimate of drug-likeness (QED) is 0.857. The van der Waals surface area contributed by atoms with Crippen molar-refractivity contribution in [1.82, 2.24) is 4.98 Å². The van der Waals surface area contributed by atoms with Gasteiger partial charge in [-0.3, -0.25) is 0 Å². The van der Waals surface area contributed by atoms with E-state index in [0.717, 1.165) is 20.9 Å². The topological polar surface area (TPSA) is 49.1 Å². The fourth-order valence-corrected chi connectivity index (χ4v) is 2.77. The molecule has 0 fully saturated rings. The van der Waals surface area contributed by atoms with Crippen LogP contribution in [0.2, 0.25) is 0 Å². The molecule has 0 aliphatic rings. The molecule has 0 aliphatic heterocycles. The van der Waals surface area contributed by atoms with E-state index in [1.807, 2.05) is 30.1 Å². The SMILES string of the molecule is COc1ccc(Br)cc1CN(C)c1ncc(C#N)s1. The van der Waals surface area contributed by atoms with Crippen molar-refractivity contribution in [3.05, 3.63) is 39.3 Å². The summed E-state index contributed by atoms with van der Waals surface area (Å²) in [5.74, 6) is 0.840. The minimum atomic E-state index is 0.614. The van der Waals surface area contributed by atoms with Crippen LogP contribution >= 0.6 is 27.3 Å². The molecule has 98 valence electrons. The van der Waals surface area contributed by atoms with Crippen LogP contribution in [0.3, 0.4) is 0 Å². The molecule has 2 aromatic rings. The smallest absolute Gasteiger partial charge is 0.186 e. The highest BCUT2D eigenvalue weighted by atomic mass is 79.9. The number of halogens is 1. The van der Waals surface area contributed by atoms with Crippen molar-refractivity contribution in [2.24, 2.45) is 0 Å². The normalized spacial score (nSPS) is 10.0. The van der Waals surface area contributed by atoms with Crippen molar-refractivity contribution in [3.8, 4) is 11.8 Å². The zero-order chi connectivity index (χ0) is 13.8. The van der Waals surface area contributed by atoms with Gasteiger partial charge in [0.1, 0.15) is 16.7 Å². The second-order valence-electron chi connectivity index (χ2n) is 3.93. The Morgan fingerprint density at radius 2 is 2.32 bits per heavy atom. The summed E-state index contributed by atoms with van der Waals surface area (Å²) in [6, 6.07) is 7.99. The van der Waals surface area contributed by atoms with E-state index >= 15 is 0 Å². The third kappa shape index (κ3) is 3.25. The van der Waals surface area contributed by atoms with Gasteiger partial charge in [0.2, 0.25) is 0 Å². The molecule has 6 heteroatoms. The Balaban J connectivity index is 2.21. The molecule has 0 bridgehead atoms. The highest BCUT2D eigenvalue weighted by molar-refractivity contribution is 9.10. The van der Waals surface area contributed by atoms with Gasteiger partial charge in [0, 0.05) is 23.6 Å². The number of hydrogen-bond acceptors (Lipinski definition) is 5. The zero-order valence-corrected chi connectivity index (χ0v) is 13.0. The Morgan fingerprint density at radius 3 is 2.95 bits per heavy atom. The highest BCUT2D eigenvalue weighted by Crippen LogP contribution is 2.27. The maximum Gasteiger partial charge on any atom is 0.186 e. The fraction of sp³-hybridized carbons (Fsp3) is 0.231. The predicted molar refractivity (Wildman–Crippen MR) is 79.6 cm³/mol. The predicted octanol–water partition coefficient (Wildman–Crippen LogP) is 3.42. The Hall–Kier alpha value is -1.58. The molecule has 1 aromatic carbocycles. The summed E-state index contributed by atoms with van der Waals surface area (Å²) < 4.78 is 6.35. The molecule has 0 radical (unpaired) electrons. The van der Waals surface area contributed by atoms with Crippen molar-refractivity contribution < 1.29 is 4.74 Å². The zero-order valence-electron chi connectivity index (χ0n) is 10.6. The van der Waals surface area contributed by atoms with Crippen LogP contribution in [0.5, 0.6) is 5.75 Å². The summed E-state index contributed by atoms with van der Waals surface area (Å²) in [6.45, 7) is 0.668. The first-order chi connectivity index (χ1) is 9.13. The number of ether oxygens (including phenoxy) is 1. The number of thiazole rings is 1. The van der Waals surface area contributed by atoms with Crippen LogP contribution in [0.1, 0.15) is 10.4 Å². The van der Waals surface area contributed by atoms with E-state index in [4.69, 9.17) is 10.00 Å². The van der Waals surface area contributed by atoms with Gasteiger partial charge in [0.05, 0.1) is 13.3 Å². The maximum atomic E-state index is 8.82. The van der Waals surface area contributed by atoms with E-state index < -0.39 is 0 Å². The molecule has 0 amide bonds. The molecule has 0 atom stereocenters.